The number of carbonyl (C=O) groups excluding carboxylic acids is 1. The Labute approximate surface area is 204 Å². The molecule has 1 aliphatic heterocycles. The largest absolute Gasteiger partial charge is 0.368 e. The number of carbonyl (C=O) groups is 1. The highest BCUT2D eigenvalue weighted by molar-refractivity contribution is 7.91. The Kier molecular flexibility index (Phi) is 9.18. The lowest BCUT2D eigenvalue weighted by Gasteiger charge is -2.27. The second-order valence-electron chi connectivity index (χ2n) is 8.32. The molecule has 1 amide bonds. The van der Waals surface area contributed by atoms with Crippen LogP contribution in [0.2, 0.25) is 0 Å². The lowest BCUT2D eigenvalue weighted by atomic mass is 10.0. The minimum absolute atomic E-state index is 0.00897. The summed E-state index contributed by atoms with van der Waals surface area (Å²) in [7, 11) is -3.34. The molecule has 1 heterocycles. The van der Waals surface area contributed by atoms with Crippen molar-refractivity contribution in [3.8, 4) is 6.07 Å². The van der Waals surface area contributed by atoms with Gasteiger partial charge in [0, 0.05) is 23.8 Å². The number of hydrogen-bond acceptors (Lipinski definition) is 6. The van der Waals surface area contributed by atoms with Crippen molar-refractivity contribution in [2.75, 3.05) is 23.8 Å². The molecule has 3 rings (SSSR count). The van der Waals surface area contributed by atoms with E-state index in [1.54, 1.807) is 31.2 Å². The molecule has 0 unspecified atom stereocenters. The Balaban J connectivity index is 1.66. The molecule has 1 fully saturated rings. The first-order valence-corrected chi connectivity index (χ1v) is 13.2. The van der Waals surface area contributed by atoms with E-state index >= 15 is 0 Å². The van der Waals surface area contributed by atoms with Gasteiger partial charge in [0.1, 0.15) is 0 Å². The van der Waals surface area contributed by atoms with Crippen molar-refractivity contribution >= 4 is 21.4 Å². The number of rotatable bonds is 11. The summed E-state index contributed by atoms with van der Waals surface area (Å²) in [6.45, 7) is -0.405. The minimum Gasteiger partial charge on any atom is -0.368 e. The summed E-state index contributed by atoms with van der Waals surface area (Å²) >= 11 is 0. The normalized spacial score (nSPS) is 16.8. The highest BCUT2D eigenvalue weighted by Crippen LogP contribution is 2.28. The zero-order valence-corrected chi connectivity index (χ0v) is 20.3. The highest BCUT2D eigenvalue weighted by atomic mass is 32.2. The second-order valence-corrected chi connectivity index (χ2v) is 10.6. The highest BCUT2D eigenvalue weighted by Gasteiger charge is 2.25. The summed E-state index contributed by atoms with van der Waals surface area (Å²) < 4.78 is 53.0. The van der Waals surface area contributed by atoms with Crippen LogP contribution in [0.15, 0.2) is 53.4 Å². The summed E-state index contributed by atoms with van der Waals surface area (Å²) in [5.74, 6) is -0.368. The van der Waals surface area contributed by atoms with Crippen LogP contribution in [0.3, 0.4) is 0 Å². The molecule has 0 aliphatic carbocycles. The average Bonchev–Trinajstić information content (AvgIpc) is 3.32. The number of halogens is 2. The number of benzene rings is 2. The standard InChI is InChI=1S/C25H29F2N3O4S/c1-2-35(32,33)22-11-7-18(8-12-22)23(13-15-28)29-24(31)19-5-9-21(10-6-19)30-16-3-4-20(30)14-17-34-25(26)27/h5-12,20,23,25H,2-4,13-14,16-17H2,1H3,(H,29,31)/t20-,23-/m0/s1. The number of hydrogen-bond donors (Lipinski definition) is 1. The van der Waals surface area contributed by atoms with Gasteiger partial charge in [0.2, 0.25) is 0 Å². The van der Waals surface area contributed by atoms with Gasteiger partial charge in [0.05, 0.1) is 35.8 Å². The first-order chi connectivity index (χ1) is 16.7. The van der Waals surface area contributed by atoms with Crippen LogP contribution in [0.1, 0.15) is 54.6 Å². The third kappa shape index (κ3) is 6.99. The Bertz CT molecular complexity index is 1130. The SMILES string of the molecule is CCS(=O)(=O)c1ccc([C@H](CC#N)NC(=O)c2ccc(N3CCC[C@H]3CCOC(F)F)cc2)cc1. The molecule has 0 radical (unpaired) electrons. The fourth-order valence-electron chi connectivity index (χ4n) is 4.23. The molecular formula is C25H29F2N3O4S. The number of nitrogens with one attached hydrogen (secondary N) is 1. The smallest absolute Gasteiger partial charge is 0.345 e. The molecule has 0 bridgehead atoms. The maximum atomic E-state index is 12.9. The van der Waals surface area contributed by atoms with Crippen molar-refractivity contribution < 1.29 is 26.7 Å². The van der Waals surface area contributed by atoms with Crippen LogP contribution in [-0.4, -0.2) is 45.9 Å². The number of nitriles is 1. The average molecular weight is 506 g/mol. The molecule has 2 atom stereocenters. The van der Waals surface area contributed by atoms with Crippen LogP contribution in [0.5, 0.6) is 0 Å². The van der Waals surface area contributed by atoms with Gasteiger partial charge in [-0.1, -0.05) is 19.1 Å². The Morgan fingerprint density at radius 1 is 1.20 bits per heavy atom. The van der Waals surface area contributed by atoms with Crippen molar-refractivity contribution in [3.05, 3.63) is 59.7 Å². The maximum Gasteiger partial charge on any atom is 0.345 e. The molecule has 1 N–H and O–H groups in total. The molecule has 188 valence electrons. The summed E-state index contributed by atoms with van der Waals surface area (Å²) in [6.07, 6.45) is 2.37. The van der Waals surface area contributed by atoms with E-state index < -0.39 is 22.5 Å². The molecule has 10 heteroatoms. The Hall–Kier alpha value is -3.03. The fourth-order valence-corrected chi connectivity index (χ4v) is 5.12. The maximum absolute atomic E-state index is 12.9. The van der Waals surface area contributed by atoms with E-state index in [2.05, 4.69) is 21.0 Å². The third-order valence-electron chi connectivity index (χ3n) is 6.16. The first-order valence-electron chi connectivity index (χ1n) is 11.5. The van der Waals surface area contributed by atoms with Crippen LogP contribution in [-0.2, 0) is 14.6 Å². The predicted octanol–water partition coefficient (Wildman–Crippen LogP) is 4.46. The minimum atomic E-state index is -3.34. The zero-order chi connectivity index (χ0) is 25.4. The van der Waals surface area contributed by atoms with Crippen LogP contribution in [0.25, 0.3) is 0 Å². The van der Waals surface area contributed by atoms with Gasteiger partial charge < -0.3 is 15.0 Å². The van der Waals surface area contributed by atoms with Crippen LogP contribution in [0, 0.1) is 11.3 Å². The molecule has 0 aromatic heterocycles. The van der Waals surface area contributed by atoms with Crippen molar-refractivity contribution in [2.24, 2.45) is 0 Å². The lowest BCUT2D eigenvalue weighted by molar-refractivity contribution is -0.129. The van der Waals surface area contributed by atoms with Gasteiger partial charge in [-0.05, 0) is 61.2 Å². The molecule has 0 spiro atoms. The van der Waals surface area contributed by atoms with E-state index in [1.807, 2.05) is 12.1 Å². The van der Waals surface area contributed by atoms with Crippen molar-refractivity contribution in [1.82, 2.24) is 5.32 Å². The molecule has 35 heavy (non-hydrogen) atoms. The van der Waals surface area contributed by atoms with Crippen LogP contribution >= 0.6 is 0 Å². The molecule has 1 aliphatic rings. The number of ether oxygens (including phenoxy) is 1. The number of anilines is 1. The number of alkyl halides is 2. The summed E-state index contributed by atoms with van der Waals surface area (Å²) in [6, 6.07) is 14.8. The quantitative estimate of drug-likeness (QED) is 0.484. The Morgan fingerprint density at radius 2 is 1.89 bits per heavy atom. The van der Waals surface area contributed by atoms with E-state index in [1.165, 1.54) is 12.1 Å². The Morgan fingerprint density at radius 3 is 2.49 bits per heavy atom. The topological polar surface area (TPSA) is 99.5 Å². The first kappa shape index (κ1) is 26.6. The van der Waals surface area contributed by atoms with E-state index in [9.17, 15) is 27.3 Å². The summed E-state index contributed by atoms with van der Waals surface area (Å²) in [5, 5.41) is 12.1. The molecule has 1 saturated heterocycles. The lowest BCUT2D eigenvalue weighted by Crippen LogP contribution is -2.31. The van der Waals surface area contributed by atoms with Gasteiger partial charge >= 0.3 is 6.61 Å². The van der Waals surface area contributed by atoms with Gasteiger partial charge in [0.25, 0.3) is 5.91 Å². The zero-order valence-electron chi connectivity index (χ0n) is 19.5. The van der Waals surface area contributed by atoms with Gasteiger partial charge in [-0.25, -0.2) is 8.42 Å². The number of amides is 1. The monoisotopic (exact) mass is 505 g/mol. The molecule has 7 nitrogen and oxygen atoms in total. The van der Waals surface area contributed by atoms with Gasteiger partial charge in [-0.2, -0.15) is 14.0 Å². The van der Waals surface area contributed by atoms with Gasteiger partial charge in [0.15, 0.2) is 9.84 Å². The number of nitrogens with zero attached hydrogens (tertiary/aromatic N) is 2. The van der Waals surface area contributed by atoms with Crippen molar-refractivity contribution in [1.29, 1.82) is 5.26 Å². The third-order valence-corrected chi connectivity index (χ3v) is 7.91. The van der Waals surface area contributed by atoms with Crippen LogP contribution < -0.4 is 10.2 Å². The van der Waals surface area contributed by atoms with E-state index in [0.29, 0.717) is 17.5 Å². The summed E-state index contributed by atoms with van der Waals surface area (Å²) in [5.41, 5.74) is 1.96. The van der Waals surface area contributed by atoms with Gasteiger partial charge in [-0.3, -0.25) is 4.79 Å². The number of sulfone groups is 1. The molecule has 0 saturated carbocycles. The fraction of sp³-hybridized carbons (Fsp3) is 0.440. The summed E-state index contributed by atoms with van der Waals surface area (Å²) in [4.78, 5) is 15.2. The predicted molar refractivity (Wildman–Crippen MR) is 128 cm³/mol. The van der Waals surface area contributed by atoms with E-state index in [0.717, 1.165) is 25.1 Å². The van der Waals surface area contributed by atoms with E-state index in [4.69, 9.17) is 0 Å². The van der Waals surface area contributed by atoms with E-state index in [-0.39, 0.29) is 35.6 Å². The second kappa shape index (κ2) is 12.1. The van der Waals surface area contributed by atoms with Gasteiger partial charge in [-0.15, -0.1) is 0 Å². The molecule has 2 aromatic rings. The van der Waals surface area contributed by atoms with Crippen LogP contribution in [0.4, 0.5) is 14.5 Å². The van der Waals surface area contributed by atoms with Crippen molar-refractivity contribution in [3.63, 3.8) is 0 Å². The van der Waals surface area contributed by atoms with Crippen molar-refractivity contribution in [2.45, 2.75) is 56.2 Å². The molecular weight excluding hydrogens is 476 g/mol. The molecule has 2 aromatic carbocycles.